The normalized spacial score (nSPS) is 22.1. The summed E-state index contributed by atoms with van der Waals surface area (Å²) in [5.41, 5.74) is 2.66. The van der Waals surface area contributed by atoms with Crippen molar-refractivity contribution in [2.45, 2.75) is 33.3 Å². The quantitative estimate of drug-likeness (QED) is 0.706. The third-order valence-electron chi connectivity index (χ3n) is 5.80. The molecule has 7 nitrogen and oxygen atoms in total. The topological polar surface area (TPSA) is 81.0 Å². The number of ether oxygens (including phenoxy) is 1. The van der Waals surface area contributed by atoms with Crippen LogP contribution in [0.2, 0.25) is 0 Å². The molecule has 4 rings (SSSR count). The van der Waals surface area contributed by atoms with Gasteiger partial charge >= 0.3 is 0 Å². The fourth-order valence-corrected chi connectivity index (χ4v) is 4.19. The molecule has 0 aliphatic carbocycles. The minimum absolute atomic E-state index is 0.0623. The molecule has 1 aromatic rings. The molecule has 32 heavy (non-hydrogen) atoms. The number of nitrogens with one attached hydrogen (secondary N) is 2. The Morgan fingerprint density at radius 1 is 1.34 bits per heavy atom. The molecule has 2 fully saturated rings. The predicted octanol–water partition coefficient (Wildman–Crippen LogP) is 3.52. The summed E-state index contributed by atoms with van der Waals surface area (Å²) in [6, 6.07) is 3.98. The van der Waals surface area contributed by atoms with Gasteiger partial charge in [0.1, 0.15) is 23.5 Å². The van der Waals surface area contributed by atoms with E-state index in [9.17, 15) is 9.18 Å². The Hall–Kier alpha value is -2.71. The fraction of sp³-hybridized carbons (Fsp3) is 0.435. The van der Waals surface area contributed by atoms with Gasteiger partial charge in [-0.3, -0.25) is 9.69 Å². The molecule has 0 bridgehead atoms. The SMILES string of the molecule is CCCN1CC(Oc2cc(F)ccc2C(=O)N2CC(=N)/C(=C3/N=C(C)C(Cl)=C(C)N3)C2)C1. The van der Waals surface area contributed by atoms with E-state index >= 15 is 0 Å². The minimum atomic E-state index is -0.450. The maximum Gasteiger partial charge on any atom is 0.258 e. The van der Waals surface area contributed by atoms with Crippen LogP contribution in [0.25, 0.3) is 0 Å². The highest BCUT2D eigenvalue weighted by atomic mass is 35.5. The number of amides is 1. The largest absolute Gasteiger partial charge is 0.487 e. The van der Waals surface area contributed by atoms with Crippen LogP contribution >= 0.6 is 11.6 Å². The van der Waals surface area contributed by atoms with E-state index in [1.54, 1.807) is 11.8 Å². The Bertz CT molecular complexity index is 1060. The smallest absolute Gasteiger partial charge is 0.258 e. The Labute approximate surface area is 192 Å². The first-order chi connectivity index (χ1) is 15.3. The van der Waals surface area contributed by atoms with Gasteiger partial charge in [-0.2, -0.15) is 0 Å². The zero-order valence-electron chi connectivity index (χ0n) is 18.5. The van der Waals surface area contributed by atoms with Gasteiger partial charge in [0.2, 0.25) is 0 Å². The van der Waals surface area contributed by atoms with Crippen molar-refractivity contribution in [1.29, 1.82) is 5.41 Å². The fourth-order valence-electron chi connectivity index (χ4n) is 4.10. The second-order valence-corrected chi connectivity index (χ2v) is 8.75. The molecule has 0 spiro atoms. The molecule has 1 aromatic carbocycles. The second-order valence-electron chi connectivity index (χ2n) is 8.37. The monoisotopic (exact) mass is 459 g/mol. The first kappa shape index (κ1) is 22.5. The second kappa shape index (κ2) is 9.03. The van der Waals surface area contributed by atoms with E-state index in [1.807, 2.05) is 6.92 Å². The van der Waals surface area contributed by atoms with Crippen molar-refractivity contribution >= 4 is 28.9 Å². The van der Waals surface area contributed by atoms with Crippen molar-refractivity contribution in [3.8, 4) is 5.75 Å². The van der Waals surface area contributed by atoms with Crippen LogP contribution < -0.4 is 10.1 Å². The molecule has 2 saturated heterocycles. The summed E-state index contributed by atoms with van der Waals surface area (Å²) in [6.07, 6.45) is 1.00. The lowest BCUT2D eigenvalue weighted by Crippen LogP contribution is -2.53. The molecule has 170 valence electrons. The van der Waals surface area contributed by atoms with Crippen molar-refractivity contribution < 1.29 is 13.9 Å². The van der Waals surface area contributed by atoms with Crippen LogP contribution in [0.1, 0.15) is 37.6 Å². The summed E-state index contributed by atoms with van der Waals surface area (Å²) in [4.78, 5) is 21.6. The van der Waals surface area contributed by atoms with Crippen molar-refractivity contribution in [2.75, 3.05) is 32.7 Å². The number of carbonyl (C=O) groups excluding carboxylic acids is 1. The Balaban J connectivity index is 1.52. The number of aliphatic imine (C=N–C) groups is 1. The molecular weight excluding hydrogens is 433 g/mol. The molecule has 0 unspecified atom stereocenters. The standard InChI is InChI=1S/C23H27ClFN5O2/c1-4-7-29-9-16(10-29)32-20-8-15(25)5-6-17(20)23(31)30-11-18(19(26)12-30)22-27-13(2)21(24)14(3)28-22/h5-6,8,16,26-27H,4,7,9-12H2,1-3H3/b22-18+,26-19?. The number of hydrogen-bond acceptors (Lipinski definition) is 6. The lowest BCUT2D eigenvalue weighted by molar-refractivity contribution is 0.0193. The molecule has 9 heteroatoms. The Kier molecular flexibility index (Phi) is 6.35. The van der Waals surface area contributed by atoms with E-state index in [4.69, 9.17) is 21.7 Å². The van der Waals surface area contributed by atoms with E-state index in [1.165, 1.54) is 18.2 Å². The van der Waals surface area contributed by atoms with Gasteiger partial charge in [0, 0.05) is 30.4 Å². The van der Waals surface area contributed by atoms with E-state index in [2.05, 4.69) is 22.1 Å². The Morgan fingerprint density at radius 2 is 2.09 bits per heavy atom. The van der Waals surface area contributed by atoms with Crippen LogP contribution in [-0.4, -0.2) is 66.0 Å². The minimum Gasteiger partial charge on any atom is -0.487 e. The zero-order chi connectivity index (χ0) is 23.0. The molecular formula is C23H27ClFN5O2. The molecule has 2 N–H and O–H groups in total. The number of nitrogens with zero attached hydrogens (tertiary/aromatic N) is 3. The average molecular weight is 460 g/mol. The van der Waals surface area contributed by atoms with Crippen molar-refractivity contribution in [3.63, 3.8) is 0 Å². The highest BCUT2D eigenvalue weighted by molar-refractivity contribution is 6.43. The van der Waals surface area contributed by atoms with Gasteiger partial charge in [-0.1, -0.05) is 18.5 Å². The number of hydrogen-bond donors (Lipinski definition) is 2. The first-order valence-corrected chi connectivity index (χ1v) is 11.1. The van der Waals surface area contributed by atoms with Gasteiger partial charge in [-0.15, -0.1) is 0 Å². The van der Waals surface area contributed by atoms with E-state index in [0.717, 1.165) is 31.8 Å². The number of benzene rings is 1. The van der Waals surface area contributed by atoms with Gasteiger partial charge in [-0.05, 0) is 38.9 Å². The highest BCUT2D eigenvalue weighted by Gasteiger charge is 2.33. The summed E-state index contributed by atoms with van der Waals surface area (Å²) in [5.74, 6) is 0.0327. The lowest BCUT2D eigenvalue weighted by atomic mass is 10.1. The summed E-state index contributed by atoms with van der Waals surface area (Å²) >= 11 is 6.20. The van der Waals surface area contributed by atoms with Crippen LogP contribution in [0.5, 0.6) is 5.75 Å². The number of allylic oxidation sites excluding steroid dienone is 2. The van der Waals surface area contributed by atoms with Gasteiger partial charge in [-0.25, -0.2) is 9.38 Å². The van der Waals surface area contributed by atoms with Gasteiger partial charge in [0.25, 0.3) is 5.91 Å². The van der Waals surface area contributed by atoms with E-state index in [0.29, 0.717) is 33.4 Å². The molecule has 1 amide bonds. The maximum absolute atomic E-state index is 13.9. The van der Waals surface area contributed by atoms with Gasteiger partial charge in [0.05, 0.1) is 35.1 Å². The Morgan fingerprint density at radius 3 is 2.78 bits per heavy atom. The van der Waals surface area contributed by atoms with Crippen LogP contribution in [0, 0.1) is 11.2 Å². The third-order valence-corrected chi connectivity index (χ3v) is 6.36. The summed E-state index contributed by atoms with van der Waals surface area (Å²) in [6.45, 7) is 8.67. The summed E-state index contributed by atoms with van der Waals surface area (Å²) in [5, 5.41) is 12.1. The number of carbonyl (C=O) groups is 1. The first-order valence-electron chi connectivity index (χ1n) is 10.7. The zero-order valence-corrected chi connectivity index (χ0v) is 19.2. The lowest BCUT2D eigenvalue weighted by Gasteiger charge is -2.39. The van der Waals surface area contributed by atoms with Crippen LogP contribution in [-0.2, 0) is 0 Å². The van der Waals surface area contributed by atoms with Gasteiger partial charge in [0.15, 0.2) is 0 Å². The predicted molar refractivity (Wildman–Crippen MR) is 123 cm³/mol. The summed E-state index contributed by atoms with van der Waals surface area (Å²) in [7, 11) is 0. The average Bonchev–Trinajstić information content (AvgIpc) is 3.11. The van der Waals surface area contributed by atoms with Crippen molar-refractivity contribution in [3.05, 3.63) is 51.7 Å². The number of halogens is 2. The number of likely N-dealkylation sites (tertiary alicyclic amines) is 2. The van der Waals surface area contributed by atoms with E-state index < -0.39 is 5.82 Å². The molecule has 3 heterocycles. The van der Waals surface area contributed by atoms with Crippen LogP contribution in [0.15, 0.2) is 45.3 Å². The maximum atomic E-state index is 13.9. The van der Waals surface area contributed by atoms with Crippen LogP contribution in [0.3, 0.4) is 0 Å². The van der Waals surface area contributed by atoms with Crippen molar-refractivity contribution in [2.24, 2.45) is 4.99 Å². The molecule has 3 aliphatic heterocycles. The number of rotatable bonds is 5. The molecule has 0 aromatic heterocycles. The van der Waals surface area contributed by atoms with Crippen LogP contribution in [0.4, 0.5) is 4.39 Å². The third kappa shape index (κ3) is 4.42. The molecule has 0 radical (unpaired) electrons. The summed E-state index contributed by atoms with van der Waals surface area (Å²) < 4.78 is 19.9. The molecule has 0 atom stereocenters. The van der Waals surface area contributed by atoms with E-state index in [-0.39, 0.29) is 30.9 Å². The highest BCUT2D eigenvalue weighted by Crippen LogP contribution is 2.28. The van der Waals surface area contributed by atoms with Gasteiger partial charge < -0.3 is 20.4 Å². The van der Waals surface area contributed by atoms with Crippen molar-refractivity contribution in [1.82, 2.24) is 15.1 Å². The molecule has 3 aliphatic rings. The molecule has 0 saturated carbocycles.